The first-order valence-corrected chi connectivity index (χ1v) is 6.99. The fourth-order valence-electron chi connectivity index (χ4n) is 2.10. The highest BCUT2D eigenvalue weighted by Crippen LogP contribution is 2.28. The molecule has 0 saturated carbocycles. The molecule has 2 aromatic rings. The van der Waals surface area contributed by atoms with Gasteiger partial charge in [0.05, 0.1) is 12.6 Å². The Hall–Kier alpha value is -1.94. The number of benzene rings is 1. The summed E-state index contributed by atoms with van der Waals surface area (Å²) in [5.41, 5.74) is 2.13. The van der Waals surface area contributed by atoms with Gasteiger partial charge in [-0.15, -0.1) is 0 Å². The van der Waals surface area contributed by atoms with Crippen molar-refractivity contribution in [1.82, 2.24) is 15.3 Å². The fraction of sp³-hybridized carbons (Fsp3) is 0.375. The minimum Gasteiger partial charge on any atom is -0.494 e. The lowest BCUT2D eigenvalue weighted by atomic mass is 10.0. The summed E-state index contributed by atoms with van der Waals surface area (Å²) in [5.74, 6) is 1.65. The second-order valence-corrected chi connectivity index (χ2v) is 4.58. The van der Waals surface area contributed by atoms with Gasteiger partial charge in [0.25, 0.3) is 0 Å². The van der Waals surface area contributed by atoms with Gasteiger partial charge < -0.3 is 10.1 Å². The van der Waals surface area contributed by atoms with Gasteiger partial charge in [-0.3, -0.25) is 0 Å². The van der Waals surface area contributed by atoms with E-state index in [9.17, 15) is 0 Å². The molecule has 0 spiro atoms. The summed E-state index contributed by atoms with van der Waals surface area (Å²) >= 11 is 0. The Balaban J connectivity index is 2.40. The molecule has 0 amide bonds. The number of hydrogen-bond donors (Lipinski definition) is 1. The molecule has 0 aliphatic heterocycles. The number of nitrogens with one attached hydrogen (secondary N) is 1. The van der Waals surface area contributed by atoms with Crippen LogP contribution in [0.5, 0.6) is 5.75 Å². The van der Waals surface area contributed by atoms with E-state index in [1.165, 1.54) is 0 Å². The predicted octanol–water partition coefficient (Wildman–Crippen LogP) is 2.88. The SMILES string of the molecule is CCNC(c1ncc(C)cn1)c1ccccc1OCC. The zero-order chi connectivity index (χ0) is 14.4. The van der Waals surface area contributed by atoms with E-state index in [0.717, 1.165) is 29.2 Å². The molecule has 1 atom stereocenters. The van der Waals surface area contributed by atoms with Crippen LogP contribution >= 0.6 is 0 Å². The van der Waals surface area contributed by atoms with Crippen molar-refractivity contribution in [1.29, 1.82) is 0 Å². The number of rotatable bonds is 6. The molecule has 0 aliphatic rings. The number of hydrogen-bond acceptors (Lipinski definition) is 4. The van der Waals surface area contributed by atoms with Gasteiger partial charge in [0.2, 0.25) is 0 Å². The summed E-state index contributed by atoms with van der Waals surface area (Å²) in [5, 5.41) is 3.43. The number of aromatic nitrogens is 2. The van der Waals surface area contributed by atoms with Crippen LogP contribution in [0.25, 0.3) is 0 Å². The van der Waals surface area contributed by atoms with E-state index in [2.05, 4.69) is 28.3 Å². The molecule has 1 heterocycles. The summed E-state index contributed by atoms with van der Waals surface area (Å²) in [6, 6.07) is 7.98. The van der Waals surface area contributed by atoms with Gasteiger partial charge in [-0.2, -0.15) is 0 Å². The molecule has 20 heavy (non-hydrogen) atoms. The largest absolute Gasteiger partial charge is 0.494 e. The molecule has 1 unspecified atom stereocenters. The van der Waals surface area contributed by atoms with Crippen molar-refractivity contribution >= 4 is 0 Å². The summed E-state index contributed by atoms with van der Waals surface area (Å²) < 4.78 is 5.71. The van der Waals surface area contributed by atoms with Crippen molar-refractivity contribution in [3.8, 4) is 5.75 Å². The number of ether oxygens (including phenoxy) is 1. The van der Waals surface area contributed by atoms with E-state index < -0.39 is 0 Å². The predicted molar refractivity (Wildman–Crippen MR) is 79.9 cm³/mol. The van der Waals surface area contributed by atoms with Crippen molar-refractivity contribution in [2.45, 2.75) is 26.8 Å². The van der Waals surface area contributed by atoms with E-state index in [1.54, 1.807) is 0 Å². The minimum atomic E-state index is -0.0525. The van der Waals surface area contributed by atoms with Crippen LogP contribution in [-0.2, 0) is 0 Å². The average Bonchev–Trinajstić information content (AvgIpc) is 2.47. The normalized spacial score (nSPS) is 12.2. The van der Waals surface area contributed by atoms with E-state index in [-0.39, 0.29) is 6.04 Å². The van der Waals surface area contributed by atoms with Crippen molar-refractivity contribution in [2.75, 3.05) is 13.2 Å². The van der Waals surface area contributed by atoms with E-state index in [0.29, 0.717) is 6.61 Å². The molecule has 0 aliphatic carbocycles. The third kappa shape index (κ3) is 3.33. The lowest BCUT2D eigenvalue weighted by molar-refractivity contribution is 0.333. The van der Waals surface area contributed by atoms with Crippen LogP contribution in [0.15, 0.2) is 36.7 Å². The van der Waals surface area contributed by atoms with Gasteiger partial charge >= 0.3 is 0 Å². The third-order valence-corrected chi connectivity index (χ3v) is 3.00. The van der Waals surface area contributed by atoms with Gasteiger partial charge in [-0.05, 0) is 32.0 Å². The molecule has 4 nitrogen and oxygen atoms in total. The quantitative estimate of drug-likeness (QED) is 0.877. The fourth-order valence-corrected chi connectivity index (χ4v) is 2.10. The summed E-state index contributed by atoms with van der Waals surface area (Å²) in [6.07, 6.45) is 3.69. The van der Waals surface area contributed by atoms with Crippen molar-refractivity contribution in [3.63, 3.8) is 0 Å². The molecule has 0 saturated heterocycles. The molecule has 1 N–H and O–H groups in total. The monoisotopic (exact) mass is 271 g/mol. The van der Waals surface area contributed by atoms with Crippen LogP contribution < -0.4 is 10.1 Å². The van der Waals surface area contributed by atoms with Gasteiger partial charge in [0.1, 0.15) is 11.6 Å². The van der Waals surface area contributed by atoms with Crippen LogP contribution in [0.3, 0.4) is 0 Å². The van der Waals surface area contributed by atoms with Crippen molar-refractivity contribution < 1.29 is 4.74 Å². The zero-order valence-corrected chi connectivity index (χ0v) is 12.3. The standard InChI is InChI=1S/C16H21N3O/c1-4-17-15(16-18-10-12(3)11-19-16)13-8-6-7-9-14(13)20-5-2/h6-11,15,17H,4-5H2,1-3H3. The van der Waals surface area contributed by atoms with Crippen LogP contribution in [0.1, 0.15) is 36.8 Å². The molecular formula is C16H21N3O. The highest BCUT2D eigenvalue weighted by Gasteiger charge is 2.19. The van der Waals surface area contributed by atoms with Crippen LogP contribution in [0.2, 0.25) is 0 Å². The topological polar surface area (TPSA) is 47.0 Å². The molecular weight excluding hydrogens is 250 g/mol. The highest BCUT2D eigenvalue weighted by molar-refractivity contribution is 5.38. The number of nitrogens with zero attached hydrogens (tertiary/aromatic N) is 2. The molecule has 0 fully saturated rings. The third-order valence-electron chi connectivity index (χ3n) is 3.00. The maximum Gasteiger partial charge on any atom is 0.149 e. The Labute approximate surface area is 120 Å². The van der Waals surface area contributed by atoms with Gasteiger partial charge in [0.15, 0.2) is 0 Å². The van der Waals surface area contributed by atoms with Crippen LogP contribution in [-0.4, -0.2) is 23.1 Å². The number of para-hydroxylation sites is 1. The Morgan fingerprint density at radius 2 is 1.85 bits per heavy atom. The average molecular weight is 271 g/mol. The Morgan fingerprint density at radius 3 is 2.50 bits per heavy atom. The first-order chi connectivity index (χ1) is 9.76. The molecule has 1 aromatic carbocycles. The van der Waals surface area contributed by atoms with Gasteiger partial charge in [0, 0.05) is 18.0 Å². The highest BCUT2D eigenvalue weighted by atomic mass is 16.5. The Kier molecular flexibility index (Phi) is 5.07. The second-order valence-electron chi connectivity index (χ2n) is 4.58. The Bertz CT molecular complexity index is 540. The maximum atomic E-state index is 5.71. The molecule has 0 bridgehead atoms. The molecule has 0 radical (unpaired) electrons. The lowest BCUT2D eigenvalue weighted by Crippen LogP contribution is -2.24. The van der Waals surface area contributed by atoms with Gasteiger partial charge in [-0.1, -0.05) is 25.1 Å². The van der Waals surface area contributed by atoms with E-state index in [1.807, 2.05) is 44.4 Å². The number of aryl methyl sites for hydroxylation is 1. The lowest BCUT2D eigenvalue weighted by Gasteiger charge is -2.20. The van der Waals surface area contributed by atoms with E-state index in [4.69, 9.17) is 4.74 Å². The Morgan fingerprint density at radius 1 is 1.15 bits per heavy atom. The molecule has 4 heteroatoms. The first kappa shape index (κ1) is 14.5. The summed E-state index contributed by atoms with van der Waals surface area (Å²) in [7, 11) is 0. The van der Waals surface area contributed by atoms with Crippen LogP contribution in [0.4, 0.5) is 0 Å². The summed E-state index contributed by atoms with van der Waals surface area (Å²) in [4.78, 5) is 8.89. The van der Waals surface area contributed by atoms with E-state index >= 15 is 0 Å². The molecule has 1 aromatic heterocycles. The van der Waals surface area contributed by atoms with Gasteiger partial charge in [-0.25, -0.2) is 9.97 Å². The minimum absolute atomic E-state index is 0.0525. The van der Waals surface area contributed by atoms with Crippen molar-refractivity contribution in [3.05, 3.63) is 53.6 Å². The maximum absolute atomic E-state index is 5.71. The molecule has 106 valence electrons. The molecule has 2 rings (SSSR count). The van der Waals surface area contributed by atoms with Crippen LogP contribution in [0, 0.1) is 6.92 Å². The second kappa shape index (κ2) is 7.01. The van der Waals surface area contributed by atoms with Crippen molar-refractivity contribution in [2.24, 2.45) is 0 Å². The zero-order valence-electron chi connectivity index (χ0n) is 12.3. The smallest absolute Gasteiger partial charge is 0.149 e. The first-order valence-electron chi connectivity index (χ1n) is 6.99. The summed E-state index contributed by atoms with van der Waals surface area (Å²) in [6.45, 7) is 7.53.